The summed E-state index contributed by atoms with van der Waals surface area (Å²) >= 11 is 0. The van der Waals surface area contributed by atoms with E-state index in [1.54, 1.807) is 6.07 Å². The van der Waals surface area contributed by atoms with E-state index < -0.39 is 41.1 Å². The maximum atomic E-state index is 13.0. The molecule has 1 rings (SSSR count). The van der Waals surface area contributed by atoms with Crippen molar-refractivity contribution in [3.63, 3.8) is 0 Å². The number of carboxylic acids is 1. The number of aromatic nitrogens is 1. The van der Waals surface area contributed by atoms with Gasteiger partial charge in [0.1, 0.15) is 6.54 Å². The first-order chi connectivity index (χ1) is 11.0. The molecular weight excluding hydrogens is 327 g/mol. The third kappa shape index (κ3) is 4.68. The van der Waals surface area contributed by atoms with E-state index in [-0.39, 0.29) is 13.0 Å². The van der Waals surface area contributed by atoms with E-state index in [0.29, 0.717) is 6.07 Å². The molecule has 0 aliphatic rings. The van der Waals surface area contributed by atoms with Crippen molar-refractivity contribution in [3.05, 3.63) is 29.6 Å². The second-order valence-electron chi connectivity index (χ2n) is 5.73. The summed E-state index contributed by atoms with van der Waals surface area (Å²) in [5.74, 6) is -2.39. The summed E-state index contributed by atoms with van der Waals surface area (Å²) in [4.78, 5) is 27.7. The van der Waals surface area contributed by atoms with Gasteiger partial charge in [0.05, 0.1) is 17.2 Å². The summed E-state index contributed by atoms with van der Waals surface area (Å²) in [6.45, 7) is 2.04. The van der Waals surface area contributed by atoms with E-state index in [1.807, 2.05) is 0 Å². The Morgan fingerprint density at radius 2 is 2.00 bits per heavy atom. The first-order valence-corrected chi connectivity index (χ1v) is 6.89. The number of hydrogen-bond donors (Lipinski definition) is 0. The lowest BCUT2D eigenvalue weighted by atomic mass is 9.89. The number of pyridine rings is 1. The Morgan fingerprint density at radius 3 is 2.50 bits per heavy atom. The number of aliphatic carboxylic acids is 1. The van der Waals surface area contributed by atoms with Crippen LogP contribution in [0.2, 0.25) is 0 Å². The Labute approximate surface area is 136 Å². The van der Waals surface area contributed by atoms with Crippen LogP contribution in [0.15, 0.2) is 18.5 Å². The average molecular weight is 342 g/mol. The molecule has 0 saturated heterocycles. The van der Waals surface area contributed by atoms with E-state index in [4.69, 9.17) is 5.26 Å². The largest absolute Gasteiger partial charge is 0.550 e. The van der Waals surface area contributed by atoms with E-state index in [2.05, 4.69) is 4.98 Å². The van der Waals surface area contributed by atoms with Crippen LogP contribution in [0.25, 0.3) is 0 Å². The van der Waals surface area contributed by atoms with Gasteiger partial charge in [-0.05, 0) is 12.5 Å². The van der Waals surface area contributed by atoms with Gasteiger partial charge in [-0.15, -0.1) is 0 Å². The second kappa shape index (κ2) is 7.29. The molecule has 0 saturated carbocycles. The van der Waals surface area contributed by atoms with Crippen LogP contribution in [0.5, 0.6) is 0 Å². The number of amides is 1. The van der Waals surface area contributed by atoms with Crippen molar-refractivity contribution >= 4 is 11.9 Å². The first kappa shape index (κ1) is 19.4. The van der Waals surface area contributed by atoms with E-state index in [9.17, 15) is 27.9 Å². The lowest BCUT2D eigenvalue weighted by Crippen LogP contribution is -2.42. The highest BCUT2D eigenvalue weighted by atomic mass is 19.4. The van der Waals surface area contributed by atoms with Gasteiger partial charge in [-0.25, -0.2) is 0 Å². The monoisotopic (exact) mass is 342 g/mol. The van der Waals surface area contributed by atoms with Crippen LogP contribution in [0.1, 0.15) is 36.2 Å². The molecule has 0 aromatic carbocycles. The first-order valence-electron chi connectivity index (χ1n) is 6.89. The topological polar surface area (TPSA) is 97.1 Å². The van der Waals surface area contributed by atoms with Crippen molar-refractivity contribution < 1.29 is 27.9 Å². The van der Waals surface area contributed by atoms with Crippen molar-refractivity contribution in [1.82, 2.24) is 9.88 Å². The number of carboxylic acid groups (broad SMARTS) is 1. The van der Waals surface area contributed by atoms with Crippen molar-refractivity contribution in [2.45, 2.75) is 26.4 Å². The van der Waals surface area contributed by atoms with Crippen LogP contribution in [-0.2, 0) is 11.0 Å². The number of rotatable bonds is 6. The van der Waals surface area contributed by atoms with Gasteiger partial charge in [-0.2, -0.15) is 18.4 Å². The Bertz CT molecular complexity index is 666. The maximum absolute atomic E-state index is 13.0. The van der Waals surface area contributed by atoms with Crippen LogP contribution >= 0.6 is 0 Å². The number of halogens is 3. The number of nitriles is 1. The van der Waals surface area contributed by atoms with Crippen molar-refractivity contribution in [1.29, 1.82) is 5.26 Å². The SMILES string of the molecule is CC(C)(CCN(CC#N)C(=O)c1cnccc1C(F)(F)F)C(=O)[O-]. The Kier molecular flexibility index (Phi) is 5.90. The van der Waals surface area contributed by atoms with Crippen LogP contribution < -0.4 is 5.11 Å². The Balaban J connectivity index is 3.09. The van der Waals surface area contributed by atoms with Crippen molar-refractivity contribution in [2.24, 2.45) is 5.41 Å². The molecule has 1 aromatic rings. The van der Waals surface area contributed by atoms with Crippen LogP contribution in [0, 0.1) is 16.7 Å². The Hall–Kier alpha value is -2.63. The number of carbonyl (C=O) groups is 2. The highest BCUT2D eigenvalue weighted by Gasteiger charge is 2.36. The molecule has 0 unspecified atom stereocenters. The summed E-state index contributed by atoms with van der Waals surface area (Å²) in [5.41, 5.74) is -3.15. The molecule has 0 radical (unpaired) electrons. The molecule has 1 amide bonds. The molecule has 1 heterocycles. The molecule has 0 fully saturated rings. The molecule has 1 aromatic heterocycles. The zero-order valence-electron chi connectivity index (χ0n) is 13.1. The zero-order valence-corrected chi connectivity index (χ0v) is 13.1. The lowest BCUT2D eigenvalue weighted by molar-refractivity contribution is -0.317. The van der Waals surface area contributed by atoms with E-state index in [0.717, 1.165) is 17.3 Å². The van der Waals surface area contributed by atoms with Gasteiger partial charge < -0.3 is 14.8 Å². The minimum Gasteiger partial charge on any atom is -0.550 e. The standard InChI is InChI=1S/C15H16F3N3O3/c1-14(2,13(23)24)4-7-21(8-5-19)12(22)10-9-20-6-3-11(10)15(16,17)18/h3,6,9H,4,7-8H2,1-2H3,(H,23,24)/p-1. The van der Waals surface area contributed by atoms with Crippen molar-refractivity contribution in [2.75, 3.05) is 13.1 Å². The minimum absolute atomic E-state index is 0.0790. The normalized spacial score (nSPS) is 11.7. The quantitative estimate of drug-likeness (QED) is 0.725. The van der Waals surface area contributed by atoms with Gasteiger partial charge in [0.15, 0.2) is 0 Å². The minimum atomic E-state index is -4.75. The molecule has 130 valence electrons. The van der Waals surface area contributed by atoms with Crippen LogP contribution in [0.3, 0.4) is 0 Å². The number of carbonyl (C=O) groups excluding carboxylic acids is 2. The third-order valence-corrected chi connectivity index (χ3v) is 3.46. The average Bonchev–Trinajstić information content (AvgIpc) is 2.49. The number of nitrogens with zero attached hydrogens (tertiary/aromatic N) is 3. The number of hydrogen-bond acceptors (Lipinski definition) is 5. The summed E-state index contributed by atoms with van der Waals surface area (Å²) in [5, 5.41) is 19.8. The highest BCUT2D eigenvalue weighted by Crippen LogP contribution is 2.32. The molecular formula is C15H15F3N3O3-. The van der Waals surface area contributed by atoms with Gasteiger partial charge >= 0.3 is 6.18 Å². The van der Waals surface area contributed by atoms with E-state index >= 15 is 0 Å². The van der Waals surface area contributed by atoms with Gasteiger partial charge in [0.25, 0.3) is 5.91 Å². The predicted octanol–water partition coefficient (Wildman–Crippen LogP) is 1.23. The Morgan fingerprint density at radius 1 is 1.38 bits per heavy atom. The fraction of sp³-hybridized carbons (Fsp3) is 0.467. The smallest absolute Gasteiger partial charge is 0.417 e. The fourth-order valence-electron chi connectivity index (χ4n) is 1.84. The molecule has 0 bridgehead atoms. The molecule has 0 aliphatic heterocycles. The molecule has 24 heavy (non-hydrogen) atoms. The lowest BCUT2D eigenvalue weighted by Gasteiger charge is -2.29. The third-order valence-electron chi connectivity index (χ3n) is 3.46. The van der Waals surface area contributed by atoms with Crippen molar-refractivity contribution in [3.8, 4) is 6.07 Å². The molecule has 0 aliphatic carbocycles. The maximum Gasteiger partial charge on any atom is 0.417 e. The summed E-state index contributed by atoms with van der Waals surface area (Å²) < 4.78 is 39.0. The predicted molar refractivity (Wildman–Crippen MR) is 74.2 cm³/mol. The highest BCUT2D eigenvalue weighted by molar-refractivity contribution is 5.95. The zero-order chi connectivity index (χ0) is 18.5. The molecule has 0 atom stereocenters. The second-order valence-corrected chi connectivity index (χ2v) is 5.73. The van der Waals surface area contributed by atoms with Gasteiger partial charge in [0, 0.05) is 30.3 Å². The summed E-state index contributed by atoms with van der Waals surface area (Å²) in [7, 11) is 0. The molecule has 0 N–H and O–H groups in total. The van der Waals surface area contributed by atoms with E-state index in [1.165, 1.54) is 13.8 Å². The van der Waals surface area contributed by atoms with Crippen LogP contribution in [0.4, 0.5) is 13.2 Å². The molecule has 6 nitrogen and oxygen atoms in total. The fourth-order valence-corrected chi connectivity index (χ4v) is 1.84. The summed E-state index contributed by atoms with van der Waals surface area (Å²) in [6.07, 6.45) is -3.15. The summed E-state index contributed by atoms with van der Waals surface area (Å²) in [6, 6.07) is 2.35. The molecule has 9 heteroatoms. The van der Waals surface area contributed by atoms with Crippen LogP contribution in [-0.4, -0.2) is 34.8 Å². The number of alkyl halides is 3. The van der Waals surface area contributed by atoms with Gasteiger partial charge in [-0.1, -0.05) is 13.8 Å². The van der Waals surface area contributed by atoms with Gasteiger partial charge in [0.2, 0.25) is 0 Å². The molecule has 0 spiro atoms. The van der Waals surface area contributed by atoms with Gasteiger partial charge in [-0.3, -0.25) is 9.78 Å².